The van der Waals surface area contributed by atoms with Crippen LogP contribution in [0.25, 0.3) is 0 Å². The molecule has 1 N–H and O–H groups in total. The lowest BCUT2D eigenvalue weighted by Crippen LogP contribution is -2.26. The van der Waals surface area contributed by atoms with Gasteiger partial charge in [-0.15, -0.1) is 0 Å². The first kappa shape index (κ1) is 10.5. The van der Waals surface area contributed by atoms with Crippen molar-refractivity contribution >= 4 is 5.69 Å². The summed E-state index contributed by atoms with van der Waals surface area (Å²) in [6.07, 6.45) is 1.25. The van der Waals surface area contributed by atoms with Crippen LogP contribution in [-0.4, -0.2) is 29.8 Å². The van der Waals surface area contributed by atoms with Crippen molar-refractivity contribution in [3.63, 3.8) is 0 Å². The molecule has 1 atom stereocenters. The first-order valence-corrected chi connectivity index (χ1v) is 4.39. The van der Waals surface area contributed by atoms with E-state index < -0.39 is 0 Å². The molecule has 0 aliphatic carbocycles. The summed E-state index contributed by atoms with van der Waals surface area (Å²) in [5.74, 6) is 0. The summed E-state index contributed by atoms with van der Waals surface area (Å²) in [7, 11) is 1.87. The first-order valence-electron chi connectivity index (χ1n) is 4.39. The largest absolute Gasteiger partial charge is 0.392 e. The Morgan fingerprint density at radius 1 is 1.64 bits per heavy atom. The van der Waals surface area contributed by atoms with Gasteiger partial charge in [-0.25, -0.2) is 4.98 Å². The van der Waals surface area contributed by atoms with Crippen molar-refractivity contribution in [2.45, 2.75) is 13.0 Å². The molecule has 4 nitrogen and oxygen atoms in total. The van der Waals surface area contributed by atoms with Crippen LogP contribution in [0.4, 0.5) is 5.69 Å². The standard InChI is InChI=1S/C10H13N3O/c1-8(14)7-13(2)10-4-3-9(5-11)12-6-10/h3-4,6,8,14H,7H2,1-2H3. The van der Waals surface area contributed by atoms with Crippen molar-refractivity contribution in [2.75, 3.05) is 18.5 Å². The number of hydrogen-bond acceptors (Lipinski definition) is 4. The van der Waals surface area contributed by atoms with E-state index in [1.807, 2.05) is 24.1 Å². The van der Waals surface area contributed by atoms with Gasteiger partial charge in [-0.3, -0.25) is 0 Å². The Bertz CT molecular complexity index is 326. The maximum Gasteiger partial charge on any atom is 0.140 e. The zero-order valence-corrected chi connectivity index (χ0v) is 8.31. The summed E-state index contributed by atoms with van der Waals surface area (Å²) in [5, 5.41) is 17.7. The molecule has 0 saturated heterocycles. The molecule has 0 fully saturated rings. The molecule has 0 radical (unpaired) electrons. The molecule has 0 bridgehead atoms. The van der Waals surface area contributed by atoms with Crippen LogP contribution in [0.1, 0.15) is 12.6 Å². The number of nitriles is 1. The van der Waals surface area contributed by atoms with E-state index in [1.54, 1.807) is 19.2 Å². The molecule has 4 heteroatoms. The Labute approximate surface area is 83.4 Å². The second-order valence-corrected chi connectivity index (χ2v) is 3.24. The molecule has 0 aliphatic rings. The zero-order valence-electron chi connectivity index (χ0n) is 8.31. The van der Waals surface area contributed by atoms with Crippen LogP contribution in [0.3, 0.4) is 0 Å². The Morgan fingerprint density at radius 2 is 2.36 bits per heavy atom. The SMILES string of the molecule is CC(O)CN(C)c1ccc(C#N)nc1. The predicted octanol–water partition coefficient (Wildman–Crippen LogP) is 0.770. The van der Waals surface area contributed by atoms with Crippen molar-refractivity contribution in [1.82, 2.24) is 4.98 Å². The van der Waals surface area contributed by atoms with E-state index in [4.69, 9.17) is 5.26 Å². The summed E-state index contributed by atoms with van der Waals surface area (Å²) in [5.41, 5.74) is 1.30. The Kier molecular flexibility index (Phi) is 3.43. The van der Waals surface area contributed by atoms with Gasteiger partial charge in [0.25, 0.3) is 0 Å². The van der Waals surface area contributed by atoms with Gasteiger partial charge in [-0.1, -0.05) is 0 Å². The molecule has 0 saturated carbocycles. The number of aromatic nitrogens is 1. The molecule has 74 valence electrons. The molecule has 0 aliphatic heterocycles. The van der Waals surface area contributed by atoms with Gasteiger partial charge in [0.05, 0.1) is 18.0 Å². The molecule has 0 spiro atoms. The lowest BCUT2D eigenvalue weighted by molar-refractivity contribution is 0.201. The van der Waals surface area contributed by atoms with Crippen LogP contribution < -0.4 is 4.90 Å². The van der Waals surface area contributed by atoms with E-state index in [1.165, 1.54) is 0 Å². The number of aliphatic hydroxyl groups excluding tert-OH is 1. The topological polar surface area (TPSA) is 60.1 Å². The predicted molar refractivity (Wildman–Crippen MR) is 53.9 cm³/mol. The second-order valence-electron chi connectivity index (χ2n) is 3.24. The van der Waals surface area contributed by atoms with Crippen molar-refractivity contribution in [3.8, 4) is 6.07 Å². The molecule has 1 aromatic rings. The van der Waals surface area contributed by atoms with Crippen LogP contribution in [0, 0.1) is 11.3 Å². The van der Waals surface area contributed by atoms with Crippen molar-refractivity contribution < 1.29 is 5.11 Å². The van der Waals surface area contributed by atoms with Gasteiger partial charge in [0.2, 0.25) is 0 Å². The molecule has 1 rings (SSSR count). The number of pyridine rings is 1. The minimum atomic E-state index is -0.379. The fraction of sp³-hybridized carbons (Fsp3) is 0.400. The zero-order chi connectivity index (χ0) is 10.6. The number of nitrogens with zero attached hydrogens (tertiary/aromatic N) is 3. The molecular formula is C10H13N3O. The third-order valence-electron chi connectivity index (χ3n) is 1.84. The fourth-order valence-corrected chi connectivity index (χ4v) is 1.18. The minimum absolute atomic E-state index is 0.379. The van der Waals surface area contributed by atoms with Gasteiger partial charge in [0, 0.05) is 13.6 Å². The van der Waals surface area contributed by atoms with E-state index >= 15 is 0 Å². The Hall–Kier alpha value is -1.60. The molecule has 1 aromatic heterocycles. The lowest BCUT2D eigenvalue weighted by atomic mass is 10.3. The molecule has 1 unspecified atom stereocenters. The maximum absolute atomic E-state index is 9.17. The fourth-order valence-electron chi connectivity index (χ4n) is 1.18. The van der Waals surface area contributed by atoms with Gasteiger partial charge < -0.3 is 10.0 Å². The van der Waals surface area contributed by atoms with E-state index in [0.29, 0.717) is 12.2 Å². The molecule has 1 heterocycles. The van der Waals surface area contributed by atoms with Crippen LogP contribution in [0.2, 0.25) is 0 Å². The molecule has 0 aromatic carbocycles. The van der Waals surface area contributed by atoms with Gasteiger partial charge >= 0.3 is 0 Å². The van der Waals surface area contributed by atoms with Gasteiger partial charge in [-0.2, -0.15) is 5.26 Å². The highest BCUT2D eigenvalue weighted by atomic mass is 16.3. The van der Waals surface area contributed by atoms with Crippen molar-refractivity contribution in [3.05, 3.63) is 24.0 Å². The Morgan fingerprint density at radius 3 is 2.79 bits per heavy atom. The highest BCUT2D eigenvalue weighted by Crippen LogP contribution is 2.10. The highest BCUT2D eigenvalue weighted by Gasteiger charge is 2.04. The second kappa shape index (κ2) is 4.58. The number of rotatable bonds is 3. The smallest absolute Gasteiger partial charge is 0.140 e. The van der Waals surface area contributed by atoms with E-state index in [-0.39, 0.29) is 6.10 Å². The average molecular weight is 191 g/mol. The normalized spacial score (nSPS) is 11.9. The molecular weight excluding hydrogens is 178 g/mol. The average Bonchev–Trinajstić information content (AvgIpc) is 2.17. The lowest BCUT2D eigenvalue weighted by Gasteiger charge is -2.20. The highest BCUT2D eigenvalue weighted by molar-refractivity contribution is 5.45. The van der Waals surface area contributed by atoms with Crippen LogP contribution in [0.5, 0.6) is 0 Å². The summed E-state index contributed by atoms with van der Waals surface area (Å²) in [4.78, 5) is 5.83. The van der Waals surface area contributed by atoms with Crippen LogP contribution in [-0.2, 0) is 0 Å². The minimum Gasteiger partial charge on any atom is -0.392 e. The number of aliphatic hydroxyl groups is 1. The number of anilines is 1. The number of likely N-dealkylation sites (N-methyl/N-ethyl adjacent to an activating group) is 1. The third kappa shape index (κ3) is 2.71. The third-order valence-corrected chi connectivity index (χ3v) is 1.84. The van der Waals surface area contributed by atoms with E-state index in [0.717, 1.165) is 5.69 Å². The van der Waals surface area contributed by atoms with Gasteiger partial charge in [-0.05, 0) is 19.1 Å². The summed E-state index contributed by atoms with van der Waals surface area (Å²) in [6, 6.07) is 5.43. The van der Waals surface area contributed by atoms with E-state index in [9.17, 15) is 5.11 Å². The monoisotopic (exact) mass is 191 g/mol. The van der Waals surface area contributed by atoms with Gasteiger partial charge in [0.1, 0.15) is 11.8 Å². The van der Waals surface area contributed by atoms with Gasteiger partial charge in [0.15, 0.2) is 0 Å². The summed E-state index contributed by atoms with van der Waals surface area (Å²) >= 11 is 0. The molecule has 14 heavy (non-hydrogen) atoms. The van der Waals surface area contributed by atoms with Crippen molar-refractivity contribution in [1.29, 1.82) is 5.26 Å². The van der Waals surface area contributed by atoms with Crippen LogP contribution in [0.15, 0.2) is 18.3 Å². The quantitative estimate of drug-likeness (QED) is 0.766. The van der Waals surface area contributed by atoms with Crippen LogP contribution >= 0.6 is 0 Å². The first-order chi connectivity index (χ1) is 6.63. The summed E-state index contributed by atoms with van der Waals surface area (Å²) in [6.45, 7) is 2.28. The molecule has 0 amide bonds. The maximum atomic E-state index is 9.17. The summed E-state index contributed by atoms with van der Waals surface area (Å²) < 4.78 is 0. The Balaban J connectivity index is 2.72. The number of hydrogen-bond donors (Lipinski definition) is 1. The van der Waals surface area contributed by atoms with E-state index in [2.05, 4.69) is 4.98 Å². The van der Waals surface area contributed by atoms with Crippen molar-refractivity contribution in [2.24, 2.45) is 0 Å².